The van der Waals surface area contributed by atoms with Gasteiger partial charge in [0, 0.05) is 18.5 Å². The summed E-state index contributed by atoms with van der Waals surface area (Å²) in [4.78, 5) is 16.9. The molecule has 0 saturated heterocycles. The Hall–Kier alpha value is -3.13. The Kier molecular flexibility index (Phi) is 4.65. The van der Waals surface area contributed by atoms with Gasteiger partial charge >= 0.3 is 0 Å². The van der Waals surface area contributed by atoms with Gasteiger partial charge in [-0.25, -0.2) is 9.67 Å². The highest BCUT2D eigenvalue weighted by Crippen LogP contribution is 2.22. The number of nitrogens with one attached hydrogen (secondary N) is 1. The van der Waals surface area contributed by atoms with E-state index in [0.717, 1.165) is 29.1 Å². The third-order valence-electron chi connectivity index (χ3n) is 3.91. The van der Waals surface area contributed by atoms with Crippen molar-refractivity contribution in [1.29, 1.82) is 0 Å². The summed E-state index contributed by atoms with van der Waals surface area (Å²) in [5.41, 5.74) is 2.37. The molecule has 2 aromatic heterocycles. The smallest absolute Gasteiger partial charge is 0.251 e. The number of nitrogens with zero attached hydrogens (tertiary/aromatic N) is 5. The Morgan fingerprint density at radius 1 is 1.15 bits per heavy atom. The van der Waals surface area contributed by atoms with E-state index in [1.165, 1.54) is 15.7 Å². The monoisotopic (exact) mass is 364 g/mol. The number of para-hydroxylation sites is 1. The Morgan fingerprint density at radius 2 is 2.08 bits per heavy atom. The number of benzene rings is 2. The van der Waals surface area contributed by atoms with Crippen molar-refractivity contribution < 1.29 is 4.79 Å². The lowest BCUT2D eigenvalue weighted by atomic mass is 10.2. The number of rotatable bonds is 6. The molecule has 0 atom stereocenters. The van der Waals surface area contributed by atoms with E-state index in [9.17, 15) is 4.79 Å². The first-order valence-electron chi connectivity index (χ1n) is 8.26. The van der Waals surface area contributed by atoms with Crippen molar-refractivity contribution in [2.45, 2.75) is 12.8 Å². The largest absolute Gasteiger partial charge is 0.352 e. The van der Waals surface area contributed by atoms with Gasteiger partial charge in [-0.05, 0) is 47.2 Å². The van der Waals surface area contributed by atoms with E-state index in [1.807, 2.05) is 30.3 Å². The molecule has 7 nitrogen and oxygen atoms in total. The van der Waals surface area contributed by atoms with Crippen molar-refractivity contribution in [1.82, 2.24) is 30.5 Å². The zero-order valence-electron chi connectivity index (χ0n) is 13.9. The number of thiazole rings is 1. The lowest BCUT2D eigenvalue weighted by Crippen LogP contribution is -2.24. The molecular formula is C18H16N6OS. The zero-order valence-corrected chi connectivity index (χ0v) is 14.7. The van der Waals surface area contributed by atoms with E-state index < -0.39 is 0 Å². The number of tetrazole rings is 1. The van der Waals surface area contributed by atoms with Gasteiger partial charge in [0.05, 0.1) is 20.9 Å². The second kappa shape index (κ2) is 7.40. The second-order valence-electron chi connectivity index (χ2n) is 5.74. The molecule has 4 rings (SSSR count). The van der Waals surface area contributed by atoms with Crippen molar-refractivity contribution >= 4 is 27.5 Å². The molecule has 130 valence electrons. The van der Waals surface area contributed by atoms with Crippen LogP contribution in [0.15, 0.2) is 54.9 Å². The van der Waals surface area contributed by atoms with Crippen LogP contribution in [0.4, 0.5) is 0 Å². The first-order chi connectivity index (χ1) is 12.8. The highest BCUT2D eigenvalue weighted by atomic mass is 32.1. The highest BCUT2D eigenvalue weighted by molar-refractivity contribution is 7.18. The first-order valence-corrected chi connectivity index (χ1v) is 9.07. The minimum absolute atomic E-state index is 0.107. The first kappa shape index (κ1) is 16.3. The normalized spacial score (nSPS) is 10.9. The number of aryl methyl sites for hydroxylation is 1. The fraction of sp³-hybridized carbons (Fsp3) is 0.167. The van der Waals surface area contributed by atoms with Gasteiger partial charge in [-0.15, -0.1) is 16.4 Å². The highest BCUT2D eigenvalue weighted by Gasteiger charge is 2.08. The van der Waals surface area contributed by atoms with Crippen LogP contribution in [-0.2, 0) is 6.42 Å². The number of amides is 1. The van der Waals surface area contributed by atoms with Crippen molar-refractivity contribution in [3.63, 3.8) is 0 Å². The summed E-state index contributed by atoms with van der Waals surface area (Å²) in [5, 5.41) is 15.1. The Labute approximate surface area is 153 Å². The van der Waals surface area contributed by atoms with Gasteiger partial charge in [0.1, 0.15) is 6.33 Å². The summed E-state index contributed by atoms with van der Waals surface area (Å²) in [7, 11) is 0. The third kappa shape index (κ3) is 3.60. The fourth-order valence-electron chi connectivity index (χ4n) is 2.64. The maximum absolute atomic E-state index is 12.3. The standard InChI is InChI=1S/C18H16N6OS/c25-18(13-5-3-6-14(11-13)24-12-20-22-23-24)19-10-4-9-17-21-15-7-1-2-8-16(15)26-17/h1-3,5-8,11-12H,4,9-10H2,(H,19,25). The van der Waals surface area contributed by atoms with Crippen LogP contribution in [0.5, 0.6) is 0 Å². The third-order valence-corrected chi connectivity index (χ3v) is 5.01. The predicted octanol–water partition coefficient (Wildman–Crippen LogP) is 2.63. The molecule has 1 N–H and O–H groups in total. The van der Waals surface area contributed by atoms with E-state index >= 15 is 0 Å². The van der Waals surface area contributed by atoms with E-state index in [0.29, 0.717) is 12.1 Å². The summed E-state index contributed by atoms with van der Waals surface area (Å²) >= 11 is 1.71. The molecule has 0 aliphatic rings. The number of hydrogen-bond donors (Lipinski definition) is 1. The number of aromatic nitrogens is 5. The van der Waals surface area contributed by atoms with Gasteiger partial charge in [0.15, 0.2) is 0 Å². The molecule has 0 fully saturated rings. The molecule has 0 saturated carbocycles. The summed E-state index contributed by atoms with van der Waals surface area (Å²) in [6.45, 7) is 0.601. The Balaban J connectivity index is 1.32. The van der Waals surface area contributed by atoms with Crippen LogP contribution in [0.25, 0.3) is 15.9 Å². The molecule has 4 aromatic rings. The number of fused-ring (bicyclic) bond motifs is 1. The second-order valence-corrected chi connectivity index (χ2v) is 6.85. The molecule has 26 heavy (non-hydrogen) atoms. The molecule has 0 bridgehead atoms. The topological polar surface area (TPSA) is 85.6 Å². The molecule has 0 aliphatic heterocycles. The lowest BCUT2D eigenvalue weighted by molar-refractivity contribution is 0.0953. The lowest BCUT2D eigenvalue weighted by Gasteiger charge is -2.06. The van der Waals surface area contributed by atoms with E-state index in [2.05, 4.69) is 31.9 Å². The number of carbonyl (C=O) groups excluding carboxylic acids is 1. The van der Waals surface area contributed by atoms with Gasteiger partial charge in [0.2, 0.25) is 0 Å². The minimum atomic E-state index is -0.107. The van der Waals surface area contributed by atoms with Crippen molar-refractivity contribution in [3.05, 3.63) is 65.4 Å². The van der Waals surface area contributed by atoms with E-state index in [1.54, 1.807) is 23.5 Å². The summed E-state index contributed by atoms with van der Waals surface area (Å²) < 4.78 is 2.72. The van der Waals surface area contributed by atoms with Gasteiger partial charge in [-0.1, -0.05) is 18.2 Å². The van der Waals surface area contributed by atoms with E-state index in [4.69, 9.17) is 0 Å². The SMILES string of the molecule is O=C(NCCCc1nc2ccccc2s1)c1cccc(-n2cnnn2)c1. The van der Waals surface area contributed by atoms with Crippen LogP contribution in [0.1, 0.15) is 21.8 Å². The minimum Gasteiger partial charge on any atom is -0.352 e. The molecule has 1 amide bonds. The molecule has 0 unspecified atom stereocenters. The van der Waals surface area contributed by atoms with Crippen LogP contribution < -0.4 is 5.32 Å². The van der Waals surface area contributed by atoms with Gasteiger partial charge in [0.25, 0.3) is 5.91 Å². The number of hydrogen-bond acceptors (Lipinski definition) is 6. The van der Waals surface area contributed by atoms with Crippen molar-refractivity contribution in [2.24, 2.45) is 0 Å². The fourth-order valence-corrected chi connectivity index (χ4v) is 3.65. The quantitative estimate of drug-likeness (QED) is 0.532. The van der Waals surface area contributed by atoms with Crippen molar-refractivity contribution in [2.75, 3.05) is 6.54 Å². The average Bonchev–Trinajstić information content (AvgIpc) is 3.34. The van der Waals surface area contributed by atoms with Gasteiger partial charge in [-0.2, -0.15) is 0 Å². The van der Waals surface area contributed by atoms with Gasteiger partial charge in [-0.3, -0.25) is 4.79 Å². The Morgan fingerprint density at radius 3 is 2.92 bits per heavy atom. The molecule has 2 aromatic carbocycles. The van der Waals surface area contributed by atoms with Crippen LogP contribution in [0.3, 0.4) is 0 Å². The number of carbonyl (C=O) groups is 1. The van der Waals surface area contributed by atoms with Crippen LogP contribution in [-0.4, -0.2) is 37.6 Å². The summed E-state index contributed by atoms with van der Waals surface area (Å²) in [5.74, 6) is -0.107. The average molecular weight is 364 g/mol. The van der Waals surface area contributed by atoms with Crippen molar-refractivity contribution in [3.8, 4) is 5.69 Å². The van der Waals surface area contributed by atoms with Crippen LogP contribution in [0, 0.1) is 0 Å². The molecule has 8 heteroatoms. The molecular weight excluding hydrogens is 348 g/mol. The Bertz CT molecular complexity index is 994. The maximum Gasteiger partial charge on any atom is 0.251 e. The molecule has 0 radical (unpaired) electrons. The predicted molar refractivity (Wildman–Crippen MR) is 99.4 cm³/mol. The molecule has 0 aliphatic carbocycles. The van der Waals surface area contributed by atoms with Crippen LogP contribution >= 0.6 is 11.3 Å². The molecule has 2 heterocycles. The summed E-state index contributed by atoms with van der Waals surface area (Å²) in [6, 6.07) is 15.3. The molecule has 0 spiro atoms. The van der Waals surface area contributed by atoms with Crippen LogP contribution in [0.2, 0.25) is 0 Å². The summed E-state index contributed by atoms with van der Waals surface area (Å²) in [6.07, 6.45) is 3.19. The zero-order chi connectivity index (χ0) is 17.8. The van der Waals surface area contributed by atoms with Gasteiger partial charge < -0.3 is 5.32 Å². The van der Waals surface area contributed by atoms with E-state index in [-0.39, 0.29) is 5.91 Å². The maximum atomic E-state index is 12.3.